The van der Waals surface area contributed by atoms with Crippen molar-refractivity contribution in [2.45, 2.75) is 13.8 Å². The number of rotatable bonds is 0. The summed E-state index contributed by atoms with van der Waals surface area (Å²) in [5, 5.41) is 1.41. The summed E-state index contributed by atoms with van der Waals surface area (Å²) >= 11 is 0. The van der Waals surface area contributed by atoms with E-state index >= 15 is 0 Å². The molecule has 0 radical (unpaired) electrons. The van der Waals surface area contributed by atoms with E-state index in [0.717, 1.165) is 16.8 Å². The highest BCUT2D eigenvalue weighted by atomic mass is 16.1. The first-order valence-electron chi connectivity index (χ1n) is 5.56. The van der Waals surface area contributed by atoms with Gasteiger partial charge in [-0.25, -0.2) is 4.98 Å². The first-order valence-corrected chi connectivity index (χ1v) is 5.56. The molecule has 1 aromatic carbocycles. The number of nitrogens with one attached hydrogen (secondary N) is 1. The maximum atomic E-state index is 12.4. The molecule has 0 aliphatic heterocycles. The topological polar surface area (TPSA) is 45.8 Å². The third kappa shape index (κ3) is 1.43. The fraction of sp³-hybridized carbons (Fsp3) is 0.143. The molecule has 0 fully saturated rings. The fourth-order valence-corrected chi connectivity index (χ4v) is 2.27. The third-order valence-corrected chi connectivity index (χ3v) is 3.00. The molecule has 0 bridgehead atoms. The number of pyridine rings is 2. The average molecular weight is 224 g/mol. The van der Waals surface area contributed by atoms with Gasteiger partial charge in [-0.2, -0.15) is 0 Å². The van der Waals surface area contributed by atoms with Crippen molar-refractivity contribution in [1.82, 2.24) is 9.97 Å². The molecule has 2 heterocycles. The molecule has 2 aromatic heterocycles. The van der Waals surface area contributed by atoms with Crippen LogP contribution in [0.3, 0.4) is 0 Å². The molecule has 0 aliphatic rings. The van der Waals surface area contributed by atoms with Gasteiger partial charge in [0.2, 0.25) is 0 Å². The van der Waals surface area contributed by atoms with Crippen molar-refractivity contribution in [2.24, 2.45) is 0 Å². The van der Waals surface area contributed by atoms with Gasteiger partial charge >= 0.3 is 0 Å². The number of nitrogens with zero attached hydrogens (tertiary/aromatic N) is 1. The predicted molar refractivity (Wildman–Crippen MR) is 69.3 cm³/mol. The van der Waals surface area contributed by atoms with Crippen molar-refractivity contribution in [3.8, 4) is 0 Å². The van der Waals surface area contributed by atoms with Gasteiger partial charge in [0.15, 0.2) is 5.43 Å². The highest BCUT2D eigenvalue weighted by Crippen LogP contribution is 2.16. The van der Waals surface area contributed by atoms with Crippen LogP contribution in [0.1, 0.15) is 11.3 Å². The van der Waals surface area contributed by atoms with E-state index in [1.54, 1.807) is 0 Å². The van der Waals surface area contributed by atoms with Crippen LogP contribution in [0.25, 0.3) is 21.9 Å². The van der Waals surface area contributed by atoms with E-state index in [4.69, 9.17) is 0 Å². The second-order valence-corrected chi connectivity index (χ2v) is 4.30. The monoisotopic (exact) mass is 224 g/mol. The molecule has 0 spiro atoms. The Bertz CT molecular complexity index is 787. The molecule has 0 atom stereocenters. The number of fused-ring (bicyclic) bond motifs is 2. The van der Waals surface area contributed by atoms with Crippen LogP contribution < -0.4 is 5.43 Å². The van der Waals surface area contributed by atoms with E-state index in [1.807, 2.05) is 44.2 Å². The summed E-state index contributed by atoms with van der Waals surface area (Å²) < 4.78 is 0. The Morgan fingerprint density at radius 2 is 1.94 bits per heavy atom. The first kappa shape index (κ1) is 10.0. The number of hydrogen-bond donors (Lipinski definition) is 1. The van der Waals surface area contributed by atoms with Gasteiger partial charge in [0.05, 0.1) is 10.9 Å². The summed E-state index contributed by atoms with van der Waals surface area (Å²) in [5.41, 5.74) is 3.45. The van der Waals surface area contributed by atoms with Crippen LogP contribution in [0.5, 0.6) is 0 Å². The lowest BCUT2D eigenvalue weighted by atomic mass is 10.1. The van der Waals surface area contributed by atoms with Crippen LogP contribution in [0.4, 0.5) is 0 Å². The molecule has 0 saturated carbocycles. The molecular formula is C14H12N2O. The molecule has 3 heteroatoms. The zero-order chi connectivity index (χ0) is 12.0. The van der Waals surface area contributed by atoms with Crippen molar-refractivity contribution < 1.29 is 0 Å². The van der Waals surface area contributed by atoms with Gasteiger partial charge in [-0.1, -0.05) is 12.1 Å². The number of hydrogen-bond acceptors (Lipinski definition) is 2. The lowest BCUT2D eigenvalue weighted by Crippen LogP contribution is -2.07. The van der Waals surface area contributed by atoms with Crippen LogP contribution >= 0.6 is 0 Å². The van der Waals surface area contributed by atoms with E-state index in [2.05, 4.69) is 9.97 Å². The number of H-pyrrole nitrogens is 1. The third-order valence-electron chi connectivity index (χ3n) is 3.00. The normalized spacial score (nSPS) is 11.2. The maximum Gasteiger partial charge on any atom is 0.199 e. The molecule has 0 unspecified atom stereocenters. The van der Waals surface area contributed by atoms with Crippen LogP contribution in [0.2, 0.25) is 0 Å². The van der Waals surface area contributed by atoms with Crippen molar-refractivity contribution in [2.75, 3.05) is 0 Å². The largest absolute Gasteiger partial charge is 0.339 e. The van der Waals surface area contributed by atoms with E-state index in [9.17, 15) is 4.79 Å². The summed E-state index contributed by atoms with van der Waals surface area (Å²) in [6, 6.07) is 9.46. The minimum Gasteiger partial charge on any atom is -0.339 e. The van der Waals surface area contributed by atoms with Gasteiger partial charge in [0, 0.05) is 11.1 Å². The second kappa shape index (κ2) is 3.42. The van der Waals surface area contributed by atoms with E-state index in [-0.39, 0.29) is 5.43 Å². The second-order valence-electron chi connectivity index (χ2n) is 4.30. The zero-order valence-electron chi connectivity index (χ0n) is 9.74. The number of para-hydroxylation sites is 1. The molecule has 84 valence electrons. The minimum absolute atomic E-state index is 0.0550. The Hall–Kier alpha value is -2.16. The van der Waals surface area contributed by atoms with E-state index < -0.39 is 0 Å². The molecule has 0 amide bonds. The van der Waals surface area contributed by atoms with Crippen LogP contribution in [0, 0.1) is 13.8 Å². The number of aromatic amines is 1. The quantitative estimate of drug-likeness (QED) is 0.597. The smallest absolute Gasteiger partial charge is 0.199 e. The summed E-state index contributed by atoms with van der Waals surface area (Å²) in [6.45, 7) is 3.88. The first-order chi connectivity index (χ1) is 8.16. The Kier molecular flexibility index (Phi) is 2.01. The van der Waals surface area contributed by atoms with Gasteiger partial charge in [0.1, 0.15) is 5.65 Å². The summed E-state index contributed by atoms with van der Waals surface area (Å²) in [7, 11) is 0. The van der Waals surface area contributed by atoms with E-state index in [0.29, 0.717) is 16.4 Å². The molecular weight excluding hydrogens is 212 g/mol. The lowest BCUT2D eigenvalue weighted by Gasteiger charge is -2.05. The zero-order valence-corrected chi connectivity index (χ0v) is 9.74. The summed E-state index contributed by atoms with van der Waals surface area (Å²) in [5.74, 6) is 0. The summed E-state index contributed by atoms with van der Waals surface area (Å²) in [4.78, 5) is 20.0. The molecule has 3 rings (SSSR count). The highest BCUT2D eigenvalue weighted by Gasteiger charge is 2.08. The SMILES string of the molecule is Cc1cc(C)c2c(=O)c3ccccc3[nH]c2n1. The number of aryl methyl sites for hydroxylation is 2. The number of aromatic nitrogens is 2. The Morgan fingerprint density at radius 3 is 2.76 bits per heavy atom. The Labute approximate surface area is 98.1 Å². The molecule has 0 aliphatic carbocycles. The van der Waals surface area contributed by atoms with Crippen LogP contribution in [-0.2, 0) is 0 Å². The van der Waals surface area contributed by atoms with Gasteiger partial charge < -0.3 is 4.98 Å². The molecule has 1 N–H and O–H groups in total. The minimum atomic E-state index is 0.0550. The maximum absolute atomic E-state index is 12.4. The molecule has 3 aromatic rings. The number of benzene rings is 1. The Morgan fingerprint density at radius 1 is 1.18 bits per heavy atom. The van der Waals surface area contributed by atoms with Gasteiger partial charge in [0.25, 0.3) is 0 Å². The highest BCUT2D eigenvalue weighted by molar-refractivity contribution is 5.92. The average Bonchev–Trinajstić information content (AvgIpc) is 2.28. The Balaban J connectivity index is 2.64. The fourth-order valence-electron chi connectivity index (χ4n) is 2.27. The van der Waals surface area contributed by atoms with Gasteiger partial charge in [-0.3, -0.25) is 4.79 Å². The van der Waals surface area contributed by atoms with Gasteiger partial charge in [-0.15, -0.1) is 0 Å². The van der Waals surface area contributed by atoms with Crippen molar-refractivity contribution in [3.05, 3.63) is 51.8 Å². The van der Waals surface area contributed by atoms with Crippen LogP contribution in [-0.4, -0.2) is 9.97 Å². The van der Waals surface area contributed by atoms with Crippen molar-refractivity contribution >= 4 is 21.9 Å². The molecule has 0 saturated heterocycles. The predicted octanol–water partition coefficient (Wildman–Crippen LogP) is 2.69. The molecule has 3 nitrogen and oxygen atoms in total. The van der Waals surface area contributed by atoms with E-state index in [1.165, 1.54) is 0 Å². The summed E-state index contributed by atoms with van der Waals surface area (Å²) in [6.07, 6.45) is 0. The molecule has 17 heavy (non-hydrogen) atoms. The van der Waals surface area contributed by atoms with Crippen molar-refractivity contribution in [1.29, 1.82) is 0 Å². The van der Waals surface area contributed by atoms with Crippen LogP contribution in [0.15, 0.2) is 35.1 Å². The lowest BCUT2D eigenvalue weighted by molar-refractivity contribution is 1.20. The van der Waals surface area contributed by atoms with Gasteiger partial charge in [-0.05, 0) is 37.6 Å². The standard InChI is InChI=1S/C14H12N2O/c1-8-7-9(2)15-14-12(8)13(17)10-5-3-4-6-11(10)16-14/h3-7H,1-2H3,(H,15,16,17). The van der Waals surface area contributed by atoms with Crippen molar-refractivity contribution in [3.63, 3.8) is 0 Å².